The molecule has 114 valence electrons. The van der Waals surface area contributed by atoms with E-state index in [1.165, 1.54) is 0 Å². The van der Waals surface area contributed by atoms with E-state index in [-0.39, 0.29) is 0 Å². The summed E-state index contributed by atoms with van der Waals surface area (Å²) in [4.78, 5) is 4.74. The van der Waals surface area contributed by atoms with Gasteiger partial charge in [0, 0.05) is 21.2 Å². The van der Waals surface area contributed by atoms with Crippen LogP contribution in [0.2, 0.25) is 10.0 Å². The number of rotatable bonds is 1. The molecule has 0 unspecified atom stereocenters. The van der Waals surface area contributed by atoms with Gasteiger partial charge in [0.2, 0.25) is 0 Å². The Morgan fingerprint density at radius 3 is 2.65 bits per heavy atom. The number of benzene rings is 2. The van der Waals surface area contributed by atoms with Crippen molar-refractivity contribution in [1.29, 1.82) is 0 Å². The SMILES string of the molecule is Cc1nnc2n1-[13c]1[13cH][13cH][13c](Cl)[13cH][13c]1C(c1ccccc1Cl)=NC2. The molecule has 0 aliphatic carbocycles. The van der Waals surface area contributed by atoms with Gasteiger partial charge in [0.05, 0.1) is 11.4 Å². The molecule has 0 saturated carbocycles. The predicted molar refractivity (Wildman–Crippen MR) is 91.9 cm³/mol. The number of hydrogen-bond donors (Lipinski definition) is 0. The molecule has 1 aromatic heterocycles. The average molecular weight is 349 g/mol. The lowest BCUT2D eigenvalue weighted by Gasteiger charge is -2.13. The van der Waals surface area contributed by atoms with Gasteiger partial charge in [0.15, 0.2) is 5.82 Å². The fraction of sp³-hybridized carbons (Fsp3) is 0.118. The molecule has 2 aromatic carbocycles. The fourth-order valence-electron chi connectivity index (χ4n) is 2.83. The molecule has 0 atom stereocenters. The number of fused-ring (bicyclic) bond motifs is 3. The smallest absolute Gasteiger partial charge is 0.159 e. The van der Waals surface area contributed by atoms with Crippen LogP contribution in [0, 0.1) is 6.92 Å². The van der Waals surface area contributed by atoms with Crippen molar-refractivity contribution in [2.45, 2.75) is 13.5 Å². The maximum Gasteiger partial charge on any atom is 0.159 e. The highest BCUT2D eigenvalue weighted by Gasteiger charge is 2.22. The highest BCUT2D eigenvalue weighted by Crippen LogP contribution is 2.30. The largest absolute Gasteiger partial charge is 0.281 e. The standard InChI is InChI=1S/C17H12Cl2N4/c1-10-21-22-16-9-20-17(12-4-2-3-5-14(12)19)13-8-11(18)6-7-15(13)23(10)16/h2-8H,9H2,1H3/i6+1,7+1,8+1,11+1,13+1,15+1. The predicted octanol–water partition coefficient (Wildman–Crippen LogP) is 4.23. The molecule has 2 heterocycles. The topological polar surface area (TPSA) is 43.1 Å². The molecule has 23 heavy (non-hydrogen) atoms. The summed E-state index contributed by atoms with van der Waals surface area (Å²) < 4.78 is 2.01. The van der Waals surface area contributed by atoms with Gasteiger partial charge in [-0.05, 0) is 31.2 Å². The third-order valence-electron chi connectivity index (χ3n) is 3.85. The van der Waals surface area contributed by atoms with Crippen molar-refractivity contribution in [3.8, 4) is 5.69 Å². The van der Waals surface area contributed by atoms with E-state index in [1.807, 2.05) is 54.0 Å². The maximum atomic E-state index is 6.39. The molecule has 3 aromatic rings. The van der Waals surface area contributed by atoms with Gasteiger partial charge >= 0.3 is 0 Å². The van der Waals surface area contributed by atoms with E-state index in [9.17, 15) is 0 Å². The molecular weight excluding hydrogens is 337 g/mol. The Hall–Kier alpha value is -2.17. The Morgan fingerprint density at radius 2 is 1.83 bits per heavy atom. The van der Waals surface area contributed by atoms with Crippen LogP contribution in [0.4, 0.5) is 0 Å². The molecule has 1 aliphatic rings. The van der Waals surface area contributed by atoms with Gasteiger partial charge in [-0.2, -0.15) is 0 Å². The number of halogens is 2. The van der Waals surface area contributed by atoms with Crippen molar-refractivity contribution < 1.29 is 0 Å². The van der Waals surface area contributed by atoms with E-state index in [0.717, 1.165) is 34.2 Å². The lowest BCUT2D eigenvalue weighted by atomic mass is 10.2. The quantitative estimate of drug-likeness (QED) is 0.660. The molecule has 0 N–H and O–H groups in total. The van der Waals surface area contributed by atoms with Crippen molar-refractivity contribution in [2.75, 3.05) is 0 Å². The Kier molecular flexibility index (Phi) is 3.43. The Labute approximate surface area is 143 Å². The first-order valence-electron chi connectivity index (χ1n) is 7.15. The number of aliphatic imine (C=N–C) groups is 1. The van der Waals surface area contributed by atoms with Gasteiger partial charge in [-0.3, -0.25) is 9.56 Å². The Balaban J connectivity index is 2.03. The summed E-state index contributed by atoms with van der Waals surface area (Å²) in [6, 6.07) is 13.4. The second-order valence-electron chi connectivity index (χ2n) is 5.31. The first-order valence-corrected chi connectivity index (χ1v) is 7.91. The molecule has 0 radical (unpaired) electrons. The van der Waals surface area contributed by atoms with Gasteiger partial charge in [0.1, 0.15) is 12.4 Å². The van der Waals surface area contributed by atoms with Crippen molar-refractivity contribution in [2.24, 2.45) is 4.99 Å². The highest BCUT2D eigenvalue weighted by atomic mass is 35.5. The van der Waals surface area contributed by atoms with Crippen LogP contribution in [0.3, 0.4) is 0 Å². The fourth-order valence-corrected chi connectivity index (χ4v) is 3.23. The van der Waals surface area contributed by atoms with Gasteiger partial charge in [-0.25, -0.2) is 0 Å². The van der Waals surface area contributed by atoms with Crippen LogP contribution in [0.15, 0.2) is 47.5 Å². The van der Waals surface area contributed by atoms with Crippen molar-refractivity contribution in [3.05, 3.63) is 75.3 Å². The van der Waals surface area contributed by atoms with Crippen LogP contribution in [-0.2, 0) is 6.54 Å². The third kappa shape index (κ3) is 2.35. The number of hydrogen-bond acceptors (Lipinski definition) is 3. The monoisotopic (exact) mass is 348 g/mol. The van der Waals surface area contributed by atoms with Crippen LogP contribution in [-0.4, -0.2) is 20.5 Å². The summed E-state index contributed by atoms with van der Waals surface area (Å²) in [5.74, 6) is 1.62. The molecule has 6 heteroatoms. The summed E-state index contributed by atoms with van der Waals surface area (Å²) in [5, 5.41) is 9.70. The molecule has 4 nitrogen and oxygen atoms in total. The van der Waals surface area contributed by atoms with Crippen molar-refractivity contribution >= 4 is 28.9 Å². The number of aromatic nitrogens is 3. The minimum Gasteiger partial charge on any atom is -0.281 e. The van der Waals surface area contributed by atoms with Crippen LogP contribution in [0.25, 0.3) is 5.69 Å². The second kappa shape index (κ2) is 5.48. The van der Waals surface area contributed by atoms with E-state index in [0.29, 0.717) is 16.6 Å². The summed E-state index contributed by atoms with van der Waals surface area (Å²) >= 11 is 12.6. The Bertz CT molecular complexity index is 944. The molecule has 0 bridgehead atoms. The van der Waals surface area contributed by atoms with Crippen LogP contribution in [0.5, 0.6) is 0 Å². The first-order chi connectivity index (χ1) is 11.1. The minimum absolute atomic E-state index is 0.438. The zero-order valence-electron chi connectivity index (χ0n) is 12.3. The molecule has 0 spiro atoms. The summed E-state index contributed by atoms with van der Waals surface area (Å²) in [6.07, 6.45) is 0. The lowest BCUT2D eigenvalue weighted by molar-refractivity contribution is 0.862. The number of nitrogens with zero attached hydrogens (tertiary/aromatic N) is 4. The van der Waals surface area contributed by atoms with Crippen LogP contribution in [0.1, 0.15) is 22.8 Å². The van der Waals surface area contributed by atoms with Gasteiger partial charge in [-0.15, -0.1) is 10.2 Å². The molecule has 1 aliphatic heterocycles. The zero-order chi connectivity index (χ0) is 16.0. The summed E-state index contributed by atoms with van der Waals surface area (Å²) in [5.41, 5.74) is 3.59. The van der Waals surface area contributed by atoms with E-state index in [2.05, 4.69) is 10.2 Å². The van der Waals surface area contributed by atoms with E-state index >= 15 is 0 Å². The number of aryl methyl sites for hydroxylation is 1. The summed E-state index contributed by atoms with van der Waals surface area (Å²) in [7, 11) is 0. The first kappa shape index (κ1) is 14.4. The normalized spacial score (nSPS) is 13.1. The van der Waals surface area contributed by atoms with Gasteiger partial charge < -0.3 is 0 Å². The maximum absolute atomic E-state index is 6.39. The molecule has 0 saturated heterocycles. The van der Waals surface area contributed by atoms with Crippen LogP contribution >= 0.6 is 23.2 Å². The Morgan fingerprint density at radius 1 is 1.00 bits per heavy atom. The van der Waals surface area contributed by atoms with Gasteiger partial charge in [0.25, 0.3) is 0 Å². The molecule has 0 fully saturated rings. The molecular formula is C17H12Cl2N4. The van der Waals surface area contributed by atoms with Crippen LogP contribution < -0.4 is 0 Å². The second-order valence-corrected chi connectivity index (χ2v) is 6.15. The van der Waals surface area contributed by atoms with E-state index in [4.69, 9.17) is 28.2 Å². The zero-order valence-corrected chi connectivity index (χ0v) is 13.8. The minimum atomic E-state index is 0.438. The highest BCUT2D eigenvalue weighted by molar-refractivity contribution is 6.36. The summed E-state index contributed by atoms with van der Waals surface area (Å²) in [6.45, 7) is 2.36. The van der Waals surface area contributed by atoms with E-state index < -0.39 is 0 Å². The van der Waals surface area contributed by atoms with Gasteiger partial charge in [-0.1, -0.05) is 41.4 Å². The third-order valence-corrected chi connectivity index (χ3v) is 4.42. The van der Waals surface area contributed by atoms with E-state index in [1.54, 1.807) is 0 Å². The molecule has 4 rings (SSSR count). The lowest BCUT2D eigenvalue weighted by Crippen LogP contribution is -2.08. The van der Waals surface area contributed by atoms with Crippen molar-refractivity contribution in [1.82, 2.24) is 14.8 Å². The molecule has 0 amide bonds. The average Bonchev–Trinajstić information content (AvgIpc) is 2.82. The van der Waals surface area contributed by atoms with Crippen molar-refractivity contribution in [3.63, 3.8) is 0 Å².